The zero-order valence-electron chi connectivity index (χ0n) is 17.5. The highest BCUT2D eigenvalue weighted by Crippen LogP contribution is 2.37. The molecule has 32 heavy (non-hydrogen) atoms. The Labute approximate surface area is 185 Å². The van der Waals surface area contributed by atoms with E-state index in [1.165, 1.54) is 19.2 Å². The van der Waals surface area contributed by atoms with Crippen molar-refractivity contribution in [3.63, 3.8) is 0 Å². The minimum Gasteiger partial charge on any atom is -0.355 e. The van der Waals surface area contributed by atoms with Crippen LogP contribution in [0.25, 0.3) is 10.4 Å². The third-order valence-electron chi connectivity index (χ3n) is 5.34. The Morgan fingerprint density at radius 1 is 1.09 bits per heavy atom. The van der Waals surface area contributed by atoms with E-state index in [0.29, 0.717) is 0 Å². The van der Waals surface area contributed by atoms with E-state index in [1.54, 1.807) is 12.1 Å². The van der Waals surface area contributed by atoms with Crippen LogP contribution < -0.4 is 0 Å². The predicted octanol–water partition coefficient (Wildman–Crippen LogP) is 3.23. The molecule has 2 aromatic rings. The average Bonchev–Trinajstić information content (AvgIpc) is 2.81. The second-order valence-corrected chi connectivity index (χ2v) is 9.05. The molecule has 2 saturated heterocycles. The van der Waals surface area contributed by atoms with Crippen LogP contribution in [0, 0.1) is 6.92 Å². The maximum atomic E-state index is 13.1. The minimum atomic E-state index is -4.21. The molecule has 0 bridgehead atoms. The van der Waals surface area contributed by atoms with Gasteiger partial charge in [-0.15, -0.1) is 0 Å². The second kappa shape index (κ2) is 9.55. The van der Waals surface area contributed by atoms with Gasteiger partial charge in [-0.25, -0.2) is 0 Å². The van der Waals surface area contributed by atoms with E-state index in [9.17, 15) is 8.42 Å². The molecule has 2 aromatic carbocycles. The number of hydrogen-bond donors (Lipinski definition) is 0. The van der Waals surface area contributed by atoms with E-state index < -0.39 is 47.1 Å². The lowest BCUT2D eigenvalue weighted by atomic mass is 9.96. The molecule has 2 fully saturated rings. The van der Waals surface area contributed by atoms with Crippen molar-refractivity contribution < 1.29 is 31.5 Å². The number of fused-ring (bicyclic) bond motifs is 1. The first-order valence-corrected chi connectivity index (χ1v) is 11.4. The Bertz CT molecular complexity index is 1070. The Morgan fingerprint density at radius 3 is 2.47 bits per heavy atom. The molecule has 0 amide bonds. The summed E-state index contributed by atoms with van der Waals surface area (Å²) in [5, 5.41) is 3.72. The van der Waals surface area contributed by atoms with Crippen molar-refractivity contribution in [2.45, 2.75) is 48.8 Å². The van der Waals surface area contributed by atoms with Gasteiger partial charge in [-0.1, -0.05) is 53.1 Å². The molecule has 0 radical (unpaired) electrons. The molecule has 0 spiro atoms. The summed E-state index contributed by atoms with van der Waals surface area (Å²) in [7, 11) is -2.84. The van der Waals surface area contributed by atoms with Gasteiger partial charge in [0.25, 0.3) is 10.1 Å². The highest BCUT2D eigenvalue weighted by Gasteiger charge is 2.52. The van der Waals surface area contributed by atoms with Crippen LogP contribution in [0.15, 0.2) is 64.6 Å². The maximum Gasteiger partial charge on any atom is 0.297 e. The van der Waals surface area contributed by atoms with Crippen LogP contribution in [-0.2, 0) is 33.2 Å². The SMILES string of the molecule is CO[C@@H]1O[C@H]2CO[C@@H](c3ccccc3)O[C@@H]2[C@@H](OS(=O)(=O)c2ccc(C)cc2)[C@@H]1N=[N+]=[N-]. The van der Waals surface area contributed by atoms with Gasteiger partial charge < -0.3 is 18.9 Å². The number of hydrogen-bond acceptors (Lipinski definition) is 8. The van der Waals surface area contributed by atoms with Crippen LogP contribution in [0.5, 0.6) is 0 Å². The largest absolute Gasteiger partial charge is 0.355 e. The van der Waals surface area contributed by atoms with Gasteiger partial charge in [0.05, 0.1) is 11.5 Å². The van der Waals surface area contributed by atoms with Gasteiger partial charge >= 0.3 is 0 Å². The van der Waals surface area contributed by atoms with Gasteiger partial charge in [0, 0.05) is 17.6 Å². The molecule has 6 atom stereocenters. The van der Waals surface area contributed by atoms with Crippen molar-refractivity contribution in [2.75, 3.05) is 13.7 Å². The molecular formula is C21H23N3O7S. The second-order valence-electron chi connectivity index (χ2n) is 7.48. The zero-order chi connectivity index (χ0) is 22.7. The molecule has 0 saturated carbocycles. The average molecular weight is 461 g/mol. The van der Waals surface area contributed by atoms with Crippen molar-refractivity contribution >= 4 is 10.1 Å². The molecular weight excluding hydrogens is 438 g/mol. The summed E-state index contributed by atoms with van der Waals surface area (Å²) in [4.78, 5) is 2.82. The van der Waals surface area contributed by atoms with Crippen LogP contribution in [0.4, 0.5) is 0 Å². The van der Waals surface area contributed by atoms with Gasteiger partial charge in [-0.3, -0.25) is 4.18 Å². The normalized spacial score (nSPS) is 30.2. The number of rotatable bonds is 6. The standard InChI is InChI=1S/C21H23N3O7S/c1-13-8-10-15(11-9-13)32(25,26)31-19-17(23-24-22)21(27-2)29-16-12-28-20(30-18(16)19)14-6-4-3-5-7-14/h3-11,16-21H,12H2,1-2H3/t16-,17-,18-,19-,20+,21+/m0/s1. The third kappa shape index (κ3) is 4.64. The molecule has 11 heteroatoms. The van der Waals surface area contributed by atoms with Crippen molar-refractivity contribution in [1.29, 1.82) is 0 Å². The maximum absolute atomic E-state index is 13.1. The summed E-state index contributed by atoms with van der Waals surface area (Å²) in [5.74, 6) is 0. The van der Waals surface area contributed by atoms with Crippen molar-refractivity contribution in [3.8, 4) is 0 Å². The number of nitrogens with zero attached hydrogens (tertiary/aromatic N) is 3. The molecule has 2 aliphatic heterocycles. The first-order chi connectivity index (χ1) is 15.4. The lowest BCUT2D eigenvalue weighted by Gasteiger charge is -2.47. The van der Waals surface area contributed by atoms with Gasteiger partial charge in [-0.05, 0) is 24.6 Å². The van der Waals surface area contributed by atoms with Crippen LogP contribution in [-0.4, -0.2) is 52.8 Å². The van der Waals surface area contributed by atoms with Crippen LogP contribution >= 0.6 is 0 Å². The van der Waals surface area contributed by atoms with E-state index in [4.69, 9.17) is 28.7 Å². The van der Waals surface area contributed by atoms with Crippen LogP contribution in [0.3, 0.4) is 0 Å². The quantitative estimate of drug-likeness (QED) is 0.279. The lowest BCUT2D eigenvalue weighted by molar-refractivity contribution is -0.335. The first kappa shape index (κ1) is 22.7. The Balaban J connectivity index is 1.68. The molecule has 4 rings (SSSR count). The van der Waals surface area contributed by atoms with Crippen LogP contribution in [0.1, 0.15) is 17.4 Å². The topological polar surface area (TPSA) is 129 Å². The van der Waals surface area contributed by atoms with Gasteiger partial charge in [-0.2, -0.15) is 8.42 Å². The molecule has 0 aromatic heterocycles. The molecule has 0 aliphatic carbocycles. The number of benzene rings is 2. The molecule has 170 valence electrons. The number of aryl methyl sites for hydroxylation is 1. The summed E-state index contributed by atoms with van der Waals surface area (Å²) in [6.07, 6.45) is -4.58. The molecule has 0 unspecified atom stereocenters. The fraction of sp³-hybridized carbons (Fsp3) is 0.429. The van der Waals surface area contributed by atoms with E-state index in [1.807, 2.05) is 37.3 Å². The molecule has 2 heterocycles. The van der Waals surface area contributed by atoms with E-state index in [-0.39, 0.29) is 11.5 Å². The highest BCUT2D eigenvalue weighted by molar-refractivity contribution is 7.86. The Morgan fingerprint density at radius 2 is 1.81 bits per heavy atom. The summed E-state index contributed by atoms with van der Waals surface area (Å²) in [5.41, 5.74) is 10.8. The first-order valence-electron chi connectivity index (χ1n) is 9.97. The van der Waals surface area contributed by atoms with E-state index >= 15 is 0 Å². The lowest BCUT2D eigenvalue weighted by Crippen LogP contribution is -2.62. The van der Waals surface area contributed by atoms with Gasteiger partial charge in [0.1, 0.15) is 24.4 Å². The fourth-order valence-electron chi connectivity index (χ4n) is 3.73. The molecule has 10 nitrogen and oxygen atoms in total. The van der Waals surface area contributed by atoms with Crippen molar-refractivity contribution in [1.82, 2.24) is 0 Å². The van der Waals surface area contributed by atoms with Gasteiger partial charge in [0.15, 0.2) is 12.6 Å². The Hall–Kier alpha value is -2.50. The monoisotopic (exact) mass is 461 g/mol. The molecule has 0 N–H and O–H groups in total. The summed E-state index contributed by atoms with van der Waals surface area (Å²) in [6, 6.07) is 14.3. The van der Waals surface area contributed by atoms with Gasteiger partial charge in [0.2, 0.25) is 0 Å². The predicted molar refractivity (Wildman–Crippen MR) is 112 cm³/mol. The van der Waals surface area contributed by atoms with E-state index in [2.05, 4.69) is 10.0 Å². The minimum absolute atomic E-state index is 0.0218. The third-order valence-corrected chi connectivity index (χ3v) is 6.67. The summed E-state index contributed by atoms with van der Waals surface area (Å²) >= 11 is 0. The van der Waals surface area contributed by atoms with Crippen molar-refractivity contribution in [3.05, 3.63) is 76.2 Å². The number of ether oxygens (including phenoxy) is 4. The fourth-order valence-corrected chi connectivity index (χ4v) is 4.83. The smallest absolute Gasteiger partial charge is 0.297 e. The number of azide groups is 1. The van der Waals surface area contributed by atoms with Crippen molar-refractivity contribution in [2.24, 2.45) is 5.11 Å². The molecule has 2 aliphatic rings. The zero-order valence-corrected chi connectivity index (χ0v) is 18.3. The summed E-state index contributed by atoms with van der Waals surface area (Å²) in [6.45, 7) is 1.96. The Kier molecular flexibility index (Phi) is 6.77. The summed E-state index contributed by atoms with van der Waals surface area (Å²) < 4.78 is 54.8. The van der Waals surface area contributed by atoms with E-state index in [0.717, 1.165) is 11.1 Å². The van der Waals surface area contributed by atoms with Crippen LogP contribution in [0.2, 0.25) is 0 Å². The highest BCUT2D eigenvalue weighted by atomic mass is 32.2. The number of methoxy groups -OCH3 is 1.